The van der Waals surface area contributed by atoms with E-state index in [0.717, 1.165) is 13.2 Å². The second kappa shape index (κ2) is 11.9. The second-order valence-electron chi connectivity index (χ2n) is 5.33. The largest absolute Gasteiger partial charge is 0.381 e. The lowest BCUT2D eigenvalue weighted by Crippen LogP contribution is -2.43. The first-order chi connectivity index (χ1) is 8.93. The van der Waals surface area contributed by atoms with Gasteiger partial charge in [0.05, 0.1) is 0 Å². The fourth-order valence-electron chi connectivity index (χ4n) is 2.38. The molecule has 18 heavy (non-hydrogen) atoms. The first-order valence-electron chi connectivity index (χ1n) is 7.94. The minimum Gasteiger partial charge on any atom is -0.381 e. The Bertz CT molecular complexity index is 170. The Morgan fingerprint density at radius 3 is 2.22 bits per heavy atom. The highest BCUT2D eigenvalue weighted by atomic mass is 16.5. The maximum atomic E-state index is 5.65. The molecule has 1 saturated heterocycles. The minimum atomic E-state index is 0.966. The summed E-state index contributed by atoms with van der Waals surface area (Å²) in [6.45, 7) is 10.3. The average molecular weight is 256 g/mol. The number of nitrogens with one attached hydrogen (secondary N) is 1. The van der Waals surface area contributed by atoms with Gasteiger partial charge < -0.3 is 15.0 Å². The summed E-state index contributed by atoms with van der Waals surface area (Å²) < 4.78 is 5.65. The molecule has 3 nitrogen and oxygen atoms in total. The molecule has 0 radical (unpaired) electrons. The quantitative estimate of drug-likeness (QED) is 0.575. The van der Waals surface area contributed by atoms with Crippen molar-refractivity contribution in [1.82, 2.24) is 10.2 Å². The standard InChI is InChI=1S/C15H32N2O/c1-2-3-4-7-14-18-15-8-5-6-11-17-12-9-16-10-13-17/h16H,2-15H2,1H3. The van der Waals surface area contributed by atoms with Gasteiger partial charge in [-0.2, -0.15) is 0 Å². The molecular formula is C15H32N2O. The Hall–Kier alpha value is -0.120. The van der Waals surface area contributed by atoms with Crippen molar-refractivity contribution in [3.63, 3.8) is 0 Å². The highest BCUT2D eigenvalue weighted by Crippen LogP contribution is 2.02. The SMILES string of the molecule is CCCCCCOCCCCCN1CCNCC1. The van der Waals surface area contributed by atoms with Gasteiger partial charge in [0.15, 0.2) is 0 Å². The molecule has 0 saturated carbocycles. The number of piperazine rings is 1. The Morgan fingerprint density at radius 1 is 0.889 bits per heavy atom. The van der Waals surface area contributed by atoms with Crippen molar-refractivity contribution in [3.8, 4) is 0 Å². The predicted molar refractivity (Wildman–Crippen MR) is 78.1 cm³/mol. The zero-order valence-electron chi connectivity index (χ0n) is 12.3. The highest BCUT2D eigenvalue weighted by Gasteiger charge is 2.07. The van der Waals surface area contributed by atoms with Crippen LogP contribution in [0.5, 0.6) is 0 Å². The topological polar surface area (TPSA) is 24.5 Å². The summed E-state index contributed by atoms with van der Waals surface area (Å²) in [7, 11) is 0. The molecule has 0 atom stereocenters. The second-order valence-corrected chi connectivity index (χ2v) is 5.33. The summed E-state index contributed by atoms with van der Waals surface area (Å²) in [4.78, 5) is 2.57. The molecule has 0 unspecified atom stereocenters. The molecule has 1 fully saturated rings. The average Bonchev–Trinajstić information content (AvgIpc) is 2.42. The normalized spacial score (nSPS) is 17.2. The van der Waals surface area contributed by atoms with Crippen molar-refractivity contribution in [2.75, 3.05) is 45.9 Å². The molecule has 0 spiro atoms. The Balaban J connectivity index is 1.73. The first kappa shape index (κ1) is 15.9. The van der Waals surface area contributed by atoms with E-state index in [-0.39, 0.29) is 0 Å². The minimum absolute atomic E-state index is 0.966. The molecule has 0 aromatic heterocycles. The molecule has 1 heterocycles. The predicted octanol–water partition coefficient (Wildman–Crippen LogP) is 2.66. The summed E-state index contributed by atoms with van der Waals surface area (Å²) in [6.07, 6.45) is 9.13. The zero-order valence-corrected chi connectivity index (χ0v) is 12.3. The van der Waals surface area contributed by atoms with Gasteiger partial charge in [-0.1, -0.05) is 26.2 Å². The van der Waals surface area contributed by atoms with E-state index in [2.05, 4.69) is 17.1 Å². The Morgan fingerprint density at radius 2 is 1.56 bits per heavy atom. The van der Waals surface area contributed by atoms with Crippen molar-refractivity contribution in [2.24, 2.45) is 0 Å². The number of ether oxygens (including phenoxy) is 1. The van der Waals surface area contributed by atoms with Crippen LogP contribution in [-0.2, 0) is 4.74 Å². The van der Waals surface area contributed by atoms with Gasteiger partial charge in [0.2, 0.25) is 0 Å². The number of hydrogen-bond acceptors (Lipinski definition) is 3. The van der Waals surface area contributed by atoms with E-state index in [9.17, 15) is 0 Å². The molecule has 1 N–H and O–H groups in total. The van der Waals surface area contributed by atoms with Crippen LogP contribution >= 0.6 is 0 Å². The van der Waals surface area contributed by atoms with Crippen LogP contribution in [0.15, 0.2) is 0 Å². The summed E-state index contributed by atoms with van der Waals surface area (Å²) in [5.74, 6) is 0. The van der Waals surface area contributed by atoms with Crippen LogP contribution in [0.2, 0.25) is 0 Å². The zero-order chi connectivity index (χ0) is 12.9. The maximum absolute atomic E-state index is 5.65. The van der Waals surface area contributed by atoms with Gasteiger partial charge in [-0.05, 0) is 32.2 Å². The van der Waals surface area contributed by atoms with Crippen LogP contribution in [0, 0.1) is 0 Å². The lowest BCUT2D eigenvalue weighted by Gasteiger charge is -2.26. The molecule has 1 aliphatic rings. The van der Waals surface area contributed by atoms with Crippen molar-refractivity contribution in [3.05, 3.63) is 0 Å². The summed E-state index contributed by atoms with van der Waals surface area (Å²) in [6, 6.07) is 0. The van der Waals surface area contributed by atoms with Gasteiger partial charge in [-0.25, -0.2) is 0 Å². The van der Waals surface area contributed by atoms with Crippen molar-refractivity contribution >= 4 is 0 Å². The van der Waals surface area contributed by atoms with E-state index in [1.165, 1.54) is 77.7 Å². The Kier molecular flexibility index (Phi) is 10.6. The third-order valence-corrected chi connectivity index (χ3v) is 3.61. The summed E-state index contributed by atoms with van der Waals surface area (Å²) in [5.41, 5.74) is 0. The van der Waals surface area contributed by atoms with Crippen LogP contribution in [0.3, 0.4) is 0 Å². The van der Waals surface area contributed by atoms with E-state index in [4.69, 9.17) is 4.74 Å². The lowest BCUT2D eigenvalue weighted by atomic mass is 10.2. The fraction of sp³-hybridized carbons (Fsp3) is 1.00. The highest BCUT2D eigenvalue weighted by molar-refractivity contribution is 4.66. The molecule has 0 amide bonds. The van der Waals surface area contributed by atoms with Crippen LogP contribution in [0.4, 0.5) is 0 Å². The number of nitrogens with zero attached hydrogens (tertiary/aromatic N) is 1. The van der Waals surface area contributed by atoms with Crippen molar-refractivity contribution < 1.29 is 4.74 Å². The monoisotopic (exact) mass is 256 g/mol. The van der Waals surface area contributed by atoms with Gasteiger partial charge in [0, 0.05) is 39.4 Å². The van der Waals surface area contributed by atoms with Gasteiger partial charge >= 0.3 is 0 Å². The van der Waals surface area contributed by atoms with Gasteiger partial charge in [0.1, 0.15) is 0 Å². The smallest absolute Gasteiger partial charge is 0.0466 e. The van der Waals surface area contributed by atoms with E-state index >= 15 is 0 Å². The fourth-order valence-corrected chi connectivity index (χ4v) is 2.38. The molecule has 3 heteroatoms. The summed E-state index contributed by atoms with van der Waals surface area (Å²) in [5, 5.41) is 3.39. The molecular weight excluding hydrogens is 224 g/mol. The molecule has 1 rings (SSSR count). The van der Waals surface area contributed by atoms with Crippen molar-refractivity contribution in [1.29, 1.82) is 0 Å². The molecule has 0 aromatic rings. The van der Waals surface area contributed by atoms with Crippen LogP contribution in [0.25, 0.3) is 0 Å². The molecule has 108 valence electrons. The number of rotatable bonds is 11. The molecule has 0 bridgehead atoms. The van der Waals surface area contributed by atoms with Gasteiger partial charge in [0.25, 0.3) is 0 Å². The van der Waals surface area contributed by atoms with E-state index in [1.807, 2.05) is 0 Å². The maximum Gasteiger partial charge on any atom is 0.0466 e. The molecule has 0 aliphatic carbocycles. The Labute approximate surface area is 113 Å². The molecule has 1 aliphatic heterocycles. The van der Waals surface area contributed by atoms with Gasteiger partial charge in [-0.3, -0.25) is 0 Å². The van der Waals surface area contributed by atoms with E-state index in [0.29, 0.717) is 0 Å². The third kappa shape index (κ3) is 8.90. The van der Waals surface area contributed by atoms with Crippen molar-refractivity contribution in [2.45, 2.75) is 51.9 Å². The number of hydrogen-bond donors (Lipinski definition) is 1. The van der Waals surface area contributed by atoms with Crippen LogP contribution in [0.1, 0.15) is 51.9 Å². The third-order valence-electron chi connectivity index (χ3n) is 3.61. The summed E-state index contributed by atoms with van der Waals surface area (Å²) >= 11 is 0. The lowest BCUT2D eigenvalue weighted by molar-refractivity contribution is 0.124. The number of unbranched alkanes of at least 4 members (excludes halogenated alkanes) is 5. The molecule has 0 aromatic carbocycles. The van der Waals surface area contributed by atoms with E-state index in [1.54, 1.807) is 0 Å². The van der Waals surface area contributed by atoms with Gasteiger partial charge in [-0.15, -0.1) is 0 Å². The van der Waals surface area contributed by atoms with Crippen LogP contribution < -0.4 is 5.32 Å². The first-order valence-corrected chi connectivity index (χ1v) is 7.94. The van der Waals surface area contributed by atoms with E-state index < -0.39 is 0 Å². The van der Waals surface area contributed by atoms with Crippen LogP contribution in [-0.4, -0.2) is 50.8 Å².